The number of sulfonamides is 1. The molecule has 0 spiro atoms. The van der Waals surface area contributed by atoms with Gasteiger partial charge in [0.2, 0.25) is 21.8 Å². The lowest BCUT2D eigenvalue weighted by molar-refractivity contribution is -0.139. The van der Waals surface area contributed by atoms with Crippen molar-refractivity contribution in [1.82, 2.24) is 29.4 Å². The number of rotatable bonds is 5. The maximum atomic E-state index is 13.0. The molecule has 0 aliphatic carbocycles. The van der Waals surface area contributed by atoms with Gasteiger partial charge in [0.1, 0.15) is 6.33 Å². The summed E-state index contributed by atoms with van der Waals surface area (Å²) >= 11 is 0. The Bertz CT molecular complexity index is 1020. The number of hydrogen-bond donors (Lipinski definition) is 1. The summed E-state index contributed by atoms with van der Waals surface area (Å²) < 4.78 is 28.9. The lowest BCUT2D eigenvalue weighted by Gasteiger charge is -2.36. The lowest BCUT2D eigenvalue weighted by atomic mass is 9.92. The fraction of sp³-hybridized carbons (Fsp3) is 0.526. The van der Waals surface area contributed by atoms with Gasteiger partial charge in [-0.15, -0.1) is 5.10 Å². The van der Waals surface area contributed by atoms with Crippen LogP contribution in [-0.2, 0) is 19.6 Å². The number of likely N-dealkylation sites (tertiary alicyclic amines) is 1. The molecule has 166 valence electrons. The van der Waals surface area contributed by atoms with E-state index >= 15 is 0 Å². The third-order valence-corrected chi connectivity index (χ3v) is 8.01. The SMILES string of the molecule is NC(=O)C1CCN(C(=O)C2CCN(S(=O)(=O)c3ccc(-n4cnnn4)cc3)CC2)CC1. The van der Waals surface area contributed by atoms with Gasteiger partial charge in [0.15, 0.2) is 0 Å². The number of piperidine rings is 2. The van der Waals surface area contributed by atoms with E-state index in [4.69, 9.17) is 5.73 Å². The molecule has 2 saturated heterocycles. The summed E-state index contributed by atoms with van der Waals surface area (Å²) in [6.45, 7) is 1.65. The minimum Gasteiger partial charge on any atom is -0.369 e. The van der Waals surface area contributed by atoms with Gasteiger partial charge in [0.05, 0.1) is 10.6 Å². The average molecular weight is 448 g/mol. The summed E-state index contributed by atoms with van der Waals surface area (Å²) in [5.41, 5.74) is 6.01. The van der Waals surface area contributed by atoms with Crippen LogP contribution in [0.15, 0.2) is 35.5 Å². The number of primary amides is 1. The Kier molecular flexibility index (Phi) is 6.01. The van der Waals surface area contributed by atoms with Crippen LogP contribution in [0.1, 0.15) is 25.7 Å². The monoisotopic (exact) mass is 447 g/mol. The van der Waals surface area contributed by atoms with Crippen molar-refractivity contribution in [3.63, 3.8) is 0 Å². The van der Waals surface area contributed by atoms with Crippen LogP contribution in [0.3, 0.4) is 0 Å². The second kappa shape index (κ2) is 8.71. The highest BCUT2D eigenvalue weighted by molar-refractivity contribution is 7.89. The topological polar surface area (TPSA) is 144 Å². The number of nitrogens with two attached hydrogens (primary N) is 1. The Morgan fingerprint density at radius 1 is 0.935 bits per heavy atom. The highest BCUT2D eigenvalue weighted by atomic mass is 32.2. The van der Waals surface area contributed by atoms with Gasteiger partial charge in [-0.2, -0.15) is 4.31 Å². The van der Waals surface area contributed by atoms with Crippen molar-refractivity contribution < 1.29 is 18.0 Å². The van der Waals surface area contributed by atoms with Crippen LogP contribution in [0.5, 0.6) is 0 Å². The van der Waals surface area contributed by atoms with Gasteiger partial charge in [0, 0.05) is 38.0 Å². The maximum absolute atomic E-state index is 13.0. The molecule has 2 amide bonds. The summed E-state index contributed by atoms with van der Waals surface area (Å²) in [4.78, 5) is 26.1. The van der Waals surface area contributed by atoms with Crippen molar-refractivity contribution in [2.75, 3.05) is 26.2 Å². The number of tetrazole rings is 1. The molecule has 0 bridgehead atoms. The smallest absolute Gasteiger partial charge is 0.243 e. The molecule has 4 rings (SSSR count). The number of hydrogen-bond acceptors (Lipinski definition) is 7. The first-order valence-electron chi connectivity index (χ1n) is 10.3. The van der Waals surface area contributed by atoms with Gasteiger partial charge in [-0.1, -0.05) is 0 Å². The van der Waals surface area contributed by atoms with Gasteiger partial charge in [-0.3, -0.25) is 9.59 Å². The first-order valence-corrected chi connectivity index (χ1v) is 11.7. The van der Waals surface area contributed by atoms with Gasteiger partial charge in [0.25, 0.3) is 0 Å². The molecule has 0 saturated carbocycles. The van der Waals surface area contributed by atoms with Gasteiger partial charge in [-0.25, -0.2) is 13.1 Å². The number of nitrogens with zero attached hydrogens (tertiary/aromatic N) is 6. The van der Waals surface area contributed by atoms with Crippen molar-refractivity contribution in [2.45, 2.75) is 30.6 Å². The zero-order chi connectivity index (χ0) is 22.0. The van der Waals surface area contributed by atoms with E-state index in [1.807, 2.05) is 0 Å². The summed E-state index contributed by atoms with van der Waals surface area (Å²) in [6, 6.07) is 6.36. The van der Waals surface area contributed by atoms with Crippen LogP contribution in [0, 0.1) is 11.8 Å². The van der Waals surface area contributed by atoms with Crippen molar-refractivity contribution in [3.8, 4) is 5.69 Å². The highest BCUT2D eigenvalue weighted by Crippen LogP contribution is 2.27. The van der Waals surface area contributed by atoms with Crippen LogP contribution in [0.4, 0.5) is 0 Å². The molecule has 1 aromatic carbocycles. The van der Waals surface area contributed by atoms with E-state index in [0.29, 0.717) is 57.5 Å². The fourth-order valence-electron chi connectivity index (χ4n) is 4.19. The Morgan fingerprint density at radius 3 is 2.10 bits per heavy atom. The molecule has 31 heavy (non-hydrogen) atoms. The van der Waals surface area contributed by atoms with Gasteiger partial charge >= 0.3 is 0 Å². The Morgan fingerprint density at radius 2 is 1.55 bits per heavy atom. The first kappa shape index (κ1) is 21.4. The number of benzene rings is 1. The summed E-state index contributed by atoms with van der Waals surface area (Å²) in [7, 11) is -3.64. The fourth-order valence-corrected chi connectivity index (χ4v) is 5.65. The summed E-state index contributed by atoms with van der Waals surface area (Å²) in [5, 5.41) is 10.9. The van der Waals surface area contributed by atoms with Crippen LogP contribution >= 0.6 is 0 Å². The average Bonchev–Trinajstić information content (AvgIpc) is 3.34. The third kappa shape index (κ3) is 4.44. The normalized spacial score (nSPS) is 19.4. The van der Waals surface area contributed by atoms with Crippen LogP contribution in [0.2, 0.25) is 0 Å². The van der Waals surface area contributed by atoms with Crippen LogP contribution in [-0.4, -0.2) is 75.8 Å². The van der Waals surface area contributed by atoms with Gasteiger partial charge in [-0.05, 0) is 60.4 Å². The Balaban J connectivity index is 1.34. The quantitative estimate of drug-likeness (QED) is 0.667. The highest BCUT2D eigenvalue weighted by Gasteiger charge is 2.35. The van der Waals surface area contributed by atoms with Gasteiger partial charge < -0.3 is 10.6 Å². The summed E-state index contributed by atoms with van der Waals surface area (Å²) in [6.07, 6.45) is 3.58. The van der Waals surface area contributed by atoms with E-state index in [9.17, 15) is 18.0 Å². The predicted octanol–water partition coefficient (Wildman–Crippen LogP) is -0.213. The number of carbonyl (C=O) groups is 2. The molecule has 2 aromatic rings. The van der Waals surface area contributed by atoms with Crippen molar-refractivity contribution >= 4 is 21.8 Å². The Labute approximate surface area is 180 Å². The van der Waals surface area contributed by atoms with E-state index in [1.54, 1.807) is 17.0 Å². The van der Waals surface area contributed by atoms with Crippen molar-refractivity contribution in [3.05, 3.63) is 30.6 Å². The number of amides is 2. The maximum Gasteiger partial charge on any atom is 0.243 e. The largest absolute Gasteiger partial charge is 0.369 e. The molecule has 1 aromatic heterocycles. The molecule has 2 aliphatic rings. The van der Waals surface area contributed by atoms with Crippen LogP contribution in [0.25, 0.3) is 5.69 Å². The van der Waals surface area contributed by atoms with E-state index in [-0.39, 0.29) is 28.5 Å². The van der Waals surface area contributed by atoms with E-state index in [0.717, 1.165) is 0 Å². The molecule has 11 nitrogen and oxygen atoms in total. The zero-order valence-corrected chi connectivity index (χ0v) is 17.8. The minimum atomic E-state index is -3.64. The molecular formula is C19H25N7O4S. The number of carbonyl (C=O) groups excluding carboxylic acids is 2. The first-order chi connectivity index (χ1) is 14.9. The van der Waals surface area contributed by atoms with E-state index in [1.165, 1.54) is 27.4 Å². The molecule has 2 aliphatic heterocycles. The second-order valence-corrected chi connectivity index (χ2v) is 9.87. The second-order valence-electron chi connectivity index (χ2n) is 7.93. The predicted molar refractivity (Wildman–Crippen MR) is 109 cm³/mol. The molecule has 0 radical (unpaired) electrons. The Hall–Kier alpha value is -2.86. The minimum absolute atomic E-state index is 0.0470. The lowest BCUT2D eigenvalue weighted by Crippen LogP contribution is -2.47. The number of aromatic nitrogens is 4. The van der Waals surface area contributed by atoms with E-state index in [2.05, 4.69) is 15.5 Å². The standard InChI is InChI=1S/C19H25N7O4S/c20-18(27)14-5-9-24(10-6-14)19(28)15-7-11-25(12-8-15)31(29,30)17-3-1-16(2-4-17)26-13-21-22-23-26/h1-4,13-15H,5-12H2,(H2,20,27). The molecule has 3 heterocycles. The molecule has 0 unspecified atom stereocenters. The molecule has 12 heteroatoms. The molecule has 2 N–H and O–H groups in total. The van der Waals surface area contributed by atoms with Crippen molar-refractivity contribution in [1.29, 1.82) is 0 Å². The molecule has 2 fully saturated rings. The van der Waals surface area contributed by atoms with Crippen molar-refractivity contribution in [2.24, 2.45) is 17.6 Å². The summed E-state index contributed by atoms with van der Waals surface area (Å²) in [5.74, 6) is -0.621. The third-order valence-electron chi connectivity index (χ3n) is 6.10. The van der Waals surface area contributed by atoms with Crippen LogP contribution < -0.4 is 5.73 Å². The zero-order valence-electron chi connectivity index (χ0n) is 17.0. The van der Waals surface area contributed by atoms with E-state index < -0.39 is 10.0 Å². The molecular weight excluding hydrogens is 422 g/mol. The molecule has 0 atom stereocenters.